The van der Waals surface area contributed by atoms with Gasteiger partial charge >= 0.3 is 0 Å². The number of carbonyl (C=O) groups excluding carboxylic acids is 1. The van der Waals surface area contributed by atoms with Gasteiger partial charge in [0.1, 0.15) is 0 Å². The van der Waals surface area contributed by atoms with Crippen LogP contribution >= 0.6 is 0 Å². The van der Waals surface area contributed by atoms with Crippen molar-refractivity contribution >= 4 is 26.7 Å². The molecule has 3 aromatic rings. The maximum absolute atomic E-state index is 12.9. The van der Waals surface area contributed by atoms with E-state index >= 15 is 0 Å². The molecule has 162 valence electrons. The van der Waals surface area contributed by atoms with Gasteiger partial charge in [0.15, 0.2) is 0 Å². The molecule has 0 aliphatic carbocycles. The Balaban J connectivity index is 1.35. The van der Waals surface area contributed by atoms with Crippen LogP contribution in [0.4, 0.5) is 0 Å². The molecular weight excluding hydrogens is 410 g/mol. The number of nitrogens with zero attached hydrogens (tertiary/aromatic N) is 2. The van der Waals surface area contributed by atoms with Crippen LogP contribution in [0.5, 0.6) is 0 Å². The molecule has 1 heterocycles. The number of carbonyl (C=O) groups is 1. The van der Waals surface area contributed by atoms with E-state index in [0.29, 0.717) is 13.1 Å². The molecule has 1 saturated heterocycles. The highest BCUT2D eigenvalue weighted by atomic mass is 32.2. The van der Waals surface area contributed by atoms with Crippen molar-refractivity contribution in [3.8, 4) is 0 Å². The van der Waals surface area contributed by atoms with Crippen LogP contribution < -0.4 is 4.72 Å². The maximum Gasteiger partial charge on any atom is 0.241 e. The molecule has 0 bridgehead atoms. The Hall–Kier alpha value is -2.74. The molecule has 7 heteroatoms. The number of amides is 1. The summed E-state index contributed by atoms with van der Waals surface area (Å²) in [7, 11) is -3.79. The van der Waals surface area contributed by atoms with E-state index in [-0.39, 0.29) is 10.8 Å². The van der Waals surface area contributed by atoms with Crippen LogP contribution in [0, 0.1) is 0 Å². The van der Waals surface area contributed by atoms with E-state index < -0.39 is 16.1 Å². The molecule has 6 nitrogen and oxygen atoms in total. The number of rotatable bonds is 6. The third-order valence-corrected chi connectivity index (χ3v) is 7.20. The Kier molecular flexibility index (Phi) is 6.36. The summed E-state index contributed by atoms with van der Waals surface area (Å²) in [6.45, 7) is 5.18. The average molecular weight is 438 g/mol. The van der Waals surface area contributed by atoms with Gasteiger partial charge in [0, 0.05) is 32.7 Å². The molecule has 4 rings (SSSR count). The van der Waals surface area contributed by atoms with Crippen molar-refractivity contribution < 1.29 is 13.2 Å². The van der Waals surface area contributed by atoms with Gasteiger partial charge in [-0.2, -0.15) is 4.72 Å². The number of fused-ring (bicyclic) bond motifs is 1. The fraction of sp³-hybridized carbons (Fsp3) is 0.292. The van der Waals surface area contributed by atoms with Crippen LogP contribution in [-0.4, -0.2) is 56.3 Å². The highest BCUT2D eigenvalue weighted by Gasteiger charge is 2.28. The Labute approximate surface area is 183 Å². The molecule has 1 amide bonds. The summed E-state index contributed by atoms with van der Waals surface area (Å²) >= 11 is 0. The molecule has 0 radical (unpaired) electrons. The molecule has 1 N–H and O–H groups in total. The first-order chi connectivity index (χ1) is 14.9. The number of hydrogen-bond donors (Lipinski definition) is 1. The fourth-order valence-electron chi connectivity index (χ4n) is 3.93. The zero-order chi connectivity index (χ0) is 21.8. The molecule has 1 aliphatic heterocycles. The first-order valence-electron chi connectivity index (χ1n) is 10.5. The van der Waals surface area contributed by atoms with Gasteiger partial charge in [0.2, 0.25) is 15.9 Å². The van der Waals surface area contributed by atoms with Crippen molar-refractivity contribution in [2.75, 3.05) is 26.2 Å². The predicted octanol–water partition coefficient (Wildman–Crippen LogP) is 2.85. The van der Waals surface area contributed by atoms with Crippen LogP contribution in [0.2, 0.25) is 0 Å². The van der Waals surface area contributed by atoms with E-state index in [0.717, 1.165) is 30.4 Å². The van der Waals surface area contributed by atoms with Gasteiger partial charge in [-0.15, -0.1) is 0 Å². The highest BCUT2D eigenvalue weighted by molar-refractivity contribution is 7.89. The highest BCUT2D eigenvalue weighted by Crippen LogP contribution is 2.19. The minimum Gasteiger partial charge on any atom is -0.339 e. The molecule has 0 saturated carbocycles. The van der Waals surface area contributed by atoms with Gasteiger partial charge in [-0.1, -0.05) is 60.7 Å². The van der Waals surface area contributed by atoms with Gasteiger partial charge in [-0.25, -0.2) is 8.42 Å². The number of nitrogens with one attached hydrogen (secondary N) is 1. The normalized spacial score (nSPS) is 16.4. The molecule has 1 atom stereocenters. The molecular formula is C24H27N3O3S. The third kappa shape index (κ3) is 5.12. The lowest BCUT2D eigenvalue weighted by Gasteiger charge is -2.36. The van der Waals surface area contributed by atoms with Crippen molar-refractivity contribution in [1.29, 1.82) is 0 Å². The number of benzene rings is 3. The summed E-state index contributed by atoms with van der Waals surface area (Å²) < 4.78 is 28.2. The van der Waals surface area contributed by atoms with Crippen molar-refractivity contribution in [2.24, 2.45) is 0 Å². The minimum absolute atomic E-state index is 0.165. The zero-order valence-electron chi connectivity index (χ0n) is 17.6. The zero-order valence-corrected chi connectivity index (χ0v) is 18.4. The lowest BCUT2D eigenvalue weighted by molar-refractivity contribution is -0.134. The van der Waals surface area contributed by atoms with Gasteiger partial charge in [0.05, 0.1) is 10.9 Å². The van der Waals surface area contributed by atoms with E-state index in [1.807, 2.05) is 42.5 Å². The third-order valence-electron chi connectivity index (χ3n) is 5.67. The van der Waals surface area contributed by atoms with Crippen LogP contribution in [0.15, 0.2) is 77.7 Å². The Morgan fingerprint density at radius 3 is 2.26 bits per heavy atom. The topological polar surface area (TPSA) is 69.7 Å². The summed E-state index contributed by atoms with van der Waals surface area (Å²) in [5.41, 5.74) is 1.25. The summed E-state index contributed by atoms with van der Waals surface area (Å²) in [5, 5.41) is 1.82. The largest absolute Gasteiger partial charge is 0.339 e. The van der Waals surface area contributed by atoms with Gasteiger partial charge in [0.25, 0.3) is 0 Å². The van der Waals surface area contributed by atoms with Crippen molar-refractivity contribution in [3.05, 3.63) is 78.4 Å². The van der Waals surface area contributed by atoms with Crippen molar-refractivity contribution in [3.63, 3.8) is 0 Å². The van der Waals surface area contributed by atoms with Gasteiger partial charge in [-0.3, -0.25) is 9.69 Å². The second-order valence-corrected chi connectivity index (χ2v) is 9.65. The maximum atomic E-state index is 12.9. The SMILES string of the molecule is C[C@H](NS(=O)(=O)c1ccc2ccccc2c1)C(=O)N1CCN(Cc2ccccc2)CC1. The molecule has 3 aromatic carbocycles. The molecule has 0 unspecified atom stereocenters. The summed E-state index contributed by atoms with van der Waals surface area (Å²) in [5.74, 6) is -0.191. The molecule has 0 spiro atoms. The van der Waals surface area contributed by atoms with E-state index in [9.17, 15) is 13.2 Å². The molecule has 1 fully saturated rings. The van der Waals surface area contributed by atoms with Crippen LogP contribution in [0.25, 0.3) is 10.8 Å². The van der Waals surface area contributed by atoms with Crippen molar-refractivity contribution in [1.82, 2.24) is 14.5 Å². The van der Waals surface area contributed by atoms with E-state index in [2.05, 4.69) is 21.8 Å². The first-order valence-corrected chi connectivity index (χ1v) is 12.0. The molecule has 31 heavy (non-hydrogen) atoms. The van der Waals surface area contributed by atoms with Crippen LogP contribution in [-0.2, 0) is 21.4 Å². The summed E-state index contributed by atoms with van der Waals surface area (Å²) in [6, 6.07) is 22.0. The Morgan fingerprint density at radius 1 is 0.903 bits per heavy atom. The van der Waals surface area contributed by atoms with Crippen molar-refractivity contribution in [2.45, 2.75) is 24.4 Å². The van der Waals surface area contributed by atoms with Crippen LogP contribution in [0.3, 0.4) is 0 Å². The Morgan fingerprint density at radius 2 is 1.55 bits per heavy atom. The van der Waals surface area contributed by atoms with Gasteiger partial charge in [-0.05, 0) is 35.4 Å². The minimum atomic E-state index is -3.79. The lowest BCUT2D eigenvalue weighted by Crippen LogP contribution is -2.53. The quantitative estimate of drug-likeness (QED) is 0.644. The van der Waals surface area contributed by atoms with Gasteiger partial charge < -0.3 is 4.90 Å². The predicted molar refractivity (Wildman–Crippen MR) is 122 cm³/mol. The summed E-state index contributed by atoms with van der Waals surface area (Å²) in [4.78, 5) is 17.1. The molecule has 0 aromatic heterocycles. The first kappa shape index (κ1) is 21.5. The fourth-order valence-corrected chi connectivity index (χ4v) is 5.16. The monoisotopic (exact) mass is 437 g/mol. The number of hydrogen-bond acceptors (Lipinski definition) is 4. The Bertz CT molecular complexity index is 1160. The summed E-state index contributed by atoms with van der Waals surface area (Å²) in [6.07, 6.45) is 0. The second-order valence-electron chi connectivity index (χ2n) is 7.94. The van der Waals surface area contributed by atoms with E-state index in [1.54, 1.807) is 30.0 Å². The van der Waals surface area contributed by atoms with E-state index in [4.69, 9.17) is 0 Å². The number of sulfonamides is 1. The second kappa shape index (κ2) is 9.18. The average Bonchev–Trinajstić information content (AvgIpc) is 2.79. The smallest absolute Gasteiger partial charge is 0.241 e. The number of piperazine rings is 1. The van der Waals surface area contributed by atoms with Crippen LogP contribution in [0.1, 0.15) is 12.5 Å². The standard InChI is InChI=1S/C24H27N3O3S/c1-19(25-31(29,30)23-12-11-21-9-5-6-10-22(21)17-23)24(28)27-15-13-26(14-16-27)18-20-7-3-2-4-8-20/h2-12,17,19,25H,13-16,18H2,1H3/t19-/m0/s1. The molecule has 1 aliphatic rings. The lowest BCUT2D eigenvalue weighted by atomic mass is 10.1. The van der Waals surface area contributed by atoms with E-state index in [1.165, 1.54) is 5.56 Å².